The lowest BCUT2D eigenvalue weighted by Crippen LogP contribution is -2.30. The molecule has 0 aliphatic heterocycles. The van der Waals surface area contributed by atoms with Gasteiger partial charge < -0.3 is 33.8 Å². The molecule has 0 spiro atoms. The Morgan fingerprint density at radius 3 is 0.833 bits per heavy atom. The zero-order chi connectivity index (χ0) is 74.6. The molecule has 0 aromatic heterocycles. The van der Waals surface area contributed by atoms with E-state index in [9.17, 15) is 43.2 Å². The van der Waals surface area contributed by atoms with E-state index in [4.69, 9.17) is 37.0 Å². The molecule has 0 aliphatic carbocycles. The normalized spacial score (nSPS) is 14.5. The Labute approximate surface area is 619 Å². The van der Waals surface area contributed by atoms with Gasteiger partial charge in [0.25, 0.3) is 0 Å². The Bertz CT molecular complexity index is 2360. The number of phosphoric ester groups is 2. The summed E-state index contributed by atoms with van der Waals surface area (Å²) in [4.78, 5) is 72.9. The van der Waals surface area contributed by atoms with E-state index in [2.05, 4.69) is 137 Å². The predicted molar refractivity (Wildman–Crippen MR) is 418 cm³/mol. The first-order valence-corrected chi connectivity index (χ1v) is 43.1. The summed E-state index contributed by atoms with van der Waals surface area (Å²) in [5.74, 6) is -2.22. The van der Waals surface area contributed by atoms with Gasteiger partial charge in [-0.3, -0.25) is 37.3 Å². The van der Waals surface area contributed by atoms with Crippen LogP contribution in [0, 0.1) is 0 Å². The number of aliphatic hydroxyl groups excluding tert-OH is 1. The molecule has 102 heavy (non-hydrogen) atoms. The lowest BCUT2D eigenvalue weighted by atomic mass is 10.1. The number of carbonyl (C=O) groups is 4. The summed E-state index contributed by atoms with van der Waals surface area (Å²) in [7, 11) is -9.96. The van der Waals surface area contributed by atoms with Crippen LogP contribution in [0.1, 0.15) is 336 Å². The van der Waals surface area contributed by atoms with Gasteiger partial charge in [0.1, 0.15) is 19.3 Å². The summed E-state index contributed by atoms with van der Waals surface area (Å²) in [6.07, 6.45) is 80.7. The molecule has 588 valence electrons. The molecule has 0 radical (unpaired) electrons. The fourth-order valence-corrected chi connectivity index (χ4v) is 12.2. The first kappa shape index (κ1) is 97.7. The van der Waals surface area contributed by atoms with E-state index >= 15 is 0 Å². The summed E-state index contributed by atoms with van der Waals surface area (Å²) in [6.45, 7) is 4.68. The van der Waals surface area contributed by atoms with Crippen LogP contribution in [0.25, 0.3) is 0 Å². The smallest absolute Gasteiger partial charge is 0.462 e. The van der Waals surface area contributed by atoms with Crippen molar-refractivity contribution in [2.45, 2.75) is 354 Å². The molecule has 19 heteroatoms. The minimum Gasteiger partial charge on any atom is -0.462 e. The van der Waals surface area contributed by atoms with Gasteiger partial charge in [-0.1, -0.05) is 285 Å². The van der Waals surface area contributed by atoms with Gasteiger partial charge in [0.2, 0.25) is 0 Å². The number of allylic oxidation sites excluding steroid dienone is 18. The first-order chi connectivity index (χ1) is 49.7. The third-order valence-corrected chi connectivity index (χ3v) is 18.6. The Hall–Kier alpha value is -4.28. The van der Waals surface area contributed by atoms with Crippen LogP contribution in [0.5, 0.6) is 0 Å². The van der Waals surface area contributed by atoms with E-state index in [1.54, 1.807) is 0 Å². The maximum atomic E-state index is 13.1. The summed E-state index contributed by atoms with van der Waals surface area (Å²) in [6, 6.07) is 0. The number of carbonyl (C=O) groups excluding carboxylic acids is 4. The van der Waals surface area contributed by atoms with E-state index in [1.807, 2.05) is 0 Å². The molecule has 5 unspecified atom stereocenters. The van der Waals surface area contributed by atoms with Crippen molar-refractivity contribution < 1.29 is 80.2 Å². The number of hydrogen-bond acceptors (Lipinski definition) is 15. The fraction of sp³-hybridized carbons (Fsp3) is 0.735. The molecule has 0 heterocycles. The largest absolute Gasteiger partial charge is 0.472 e. The van der Waals surface area contributed by atoms with Crippen LogP contribution in [0.3, 0.4) is 0 Å². The van der Waals surface area contributed by atoms with Crippen LogP contribution < -0.4 is 0 Å². The number of ether oxygens (including phenoxy) is 4. The second-order valence-corrected chi connectivity index (χ2v) is 29.5. The minimum atomic E-state index is -4.99. The van der Waals surface area contributed by atoms with Crippen LogP contribution in [0.4, 0.5) is 0 Å². The van der Waals surface area contributed by atoms with Crippen molar-refractivity contribution in [1.82, 2.24) is 0 Å². The average Bonchev–Trinajstić information content (AvgIpc) is 0.940. The third-order valence-electron chi connectivity index (χ3n) is 16.7. The topological polar surface area (TPSA) is 237 Å². The summed E-state index contributed by atoms with van der Waals surface area (Å²) in [5.41, 5.74) is 0. The van der Waals surface area contributed by atoms with Gasteiger partial charge in [0.15, 0.2) is 12.2 Å². The molecular formula is C83H144O17P2. The molecule has 5 atom stereocenters. The Morgan fingerprint density at radius 2 is 0.510 bits per heavy atom. The van der Waals surface area contributed by atoms with Crippen LogP contribution >= 0.6 is 15.6 Å². The molecule has 0 aliphatic rings. The third kappa shape index (κ3) is 74.0. The SMILES string of the molecule is CC/C=C\C/C=C\C/C=C\C/C=C\C/C=C\CCCCCC(=O)OCC(COP(=O)(O)OCC(O)COP(=O)(O)OCC(COC(=O)CCCCCCC/C=C\CCCCCC)OC(=O)CCCCCCCCCCCCC)OC(=O)CCCCCCCC/C=C\C/C=C\C/C=C\CCCCC. The number of hydrogen-bond donors (Lipinski definition) is 3. The zero-order valence-corrected chi connectivity index (χ0v) is 66.0. The average molecular weight is 1480 g/mol. The molecule has 3 N–H and O–H groups in total. The number of esters is 4. The van der Waals surface area contributed by atoms with Crippen molar-refractivity contribution >= 4 is 39.5 Å². The molecule has 0 aromatic rings. The number of unbranched alkanes of at least 4 members (excludes halogenated alkanes) is 31. The molecule has 17 nitrogen and oxygen atoms in total. The summed E-state index contributed by atoms with van der Waals surface area (Å²) < 4.78 is 68.5. The van der Waals surface area contributed by atoms with Gasteiger partial charge in [-0.15, -0.1) is 0 Å². The molecule has 0 saturated carbocycles. The quantitative estimate of drug-likeness (QED) is 0.0169. The highest BCUT2D eigenvalue weighted by Gasteiger charge is 2.30. The standard InChI is InChI=1S/C83H144O17P2/c1-5-9-13-17-21-25-29-32-34-36-38-40-42-45-49-52-56-60-64-68-81(86)94-74-79(100-83(88)70-66-62-58-54-50-46-43-41-39-37-35-33-30-26-22-18-14-10-6-2)76-98-102(91,92)96-72-77(84)71-95-101(89,90)97-75-78(99-82(87)69-65-61-57-53-47-28-24-20-16-12-8-4)73-93-80(85)67-63-59-55-51-48-44-31-27-23-19-15-11-7-3/h9,13,21-22,25-27,31-35,38-41,45,49,77-79,84H,5-8,10-12,14-20,23-24,28-30,36-37,42-44,46-48,50-76H2,1-4H3,(H,89,90)(H,91,92)/b13-9-,25-21-,26-22-,31-27-,34-32-,35-33-,40-38-,41-39-,49-45-. The highest BCUT2D eigenvalue weighted by Crippen LogP contribution is 2.45. The Balaban J connectivity index is 5.38. The fourth-order valence-electron chi connectivity index (χ4n) is 10.6. The molecule has 0 rings (SSSR count). The van der Waals surface area contributed by atoms with Crippen molar-refractivity contribution in [3.8, 4) is 0 Å². The van der Waals surface area contributed by atoms with Gasteiger partial charge in [0.05, 0.1) is 26.4 Å². The lowest BCUT2D eigenvalue weighted by Gasteiger charge is -2.21. The van der Waals surface area contributed by atoms with Crippen LogP contribution in [-0.4, -0.2) is 96.7 Å². The molecule has 0 amide bonds. The highest BCUT2D eigenvalue weighted by atomic mass is 31.2. The second kappa shape index (κ2) is 75.0. The monoisotopic (exact) mass is 1470 g/mol. The van der Waals surface area contributed by atoms with E-state index in [0.29, 0.717) is 25.7 Å². The van der Waals surface area contributed by atoms with Crippen molar-refractivity contribution in [3.05, 3.63) is 109 Å². The van der Waals surface area contributed by atoms with Crippen LogP contribution in [0.15, 0.2) is 109 Å². The maximum absolute atomic E-state index is 13.1. The maximum Gasteiger partial charge on any atom is 0.472 e. The Morgan fingerprint density at radius 1 is 0.284 bits per heavy atom. The first-order valence-electron chi connectivity index (χ1n) is 40.1. The van der Waals surface area contributed by atoms with Gasteiger partial charge in [-0.25, -0.2) is 9.13 Å². The van der Waals surface area contributed by atoms with E-state index in [1.165, 1.54) is 83.5 Å². The highest BCUT2D eigenvalue weighted by molar-refractivity contribution is 7.47. The summed E-state index contributed by atoms with van der Waals surface area (Å²) >= 11 is 0. The van der Waals surface area contributed by atoms with Gasteiger partial charge in [-0.2, -0.15) is 0 Å². The number of phosphoric acid groups is 2. The van der Waals surface area contributed by atoms with Gasteiger partial charge in [-0.05, 0) is 135 Å². The number of aliphatic hydroxyl groups is 1. The van der Waals surface area contributed by atoms with E-state index in [-0.39, 0.29) is 25.7 Å². The van der Waals surface area contributed by atoms with Crippen molar-refractivity contribution in [3.63, 3.8) is 0 Å². The number of rotatable bonds is 75. The van der Waals surface area contributed by atoms with Crippen LogP contribution in [-0.2, 0) is 65.4 Å². The molecule has 0 bridgehead atoms. The van der Waals surface area contributed by atoms with Gasteiger partial charge >= 0.3 is 39.5 Å². The molecule has 0 saturated heterocycles. The van der Waals surface area contributed by atoms with Crippen LogP contribution in [0.2, 0.25) is 0 Å². The van der Waals surface area contributed by atoms with Gasteiger partial charge in [0, 0.05) is 25.7 Å². The zero-order valence-electron chi connectivity index (χ0n) is 64.3. The lowest BCUT2D eigenvalue weighted by molar-refractivity contribution is -0.161. The summed E-state index contributed by atoms with van der Waals surface area (Å²) in [5, 5.41) is 10.6. The van der Waals surface area contributed by atoms with E-state index < -0.39 is 97.5 Å². The van der Waals surface area contributed by atoms with Crippen molar-refractivity contribution in [2.75, 3.05) is 39.6 Å². The molecule has 0 fully saturated rings. The predicted octanol–water partition coefficient (Wildman–Crippen LogP) is 23.3. The molecular weight excluding hydrogens is 1330 g/mol. The van der Waals surface area contributed by atoms with Crippen molar-refractivity contribution in [2.24, 2.45) is 0 Å². The molecule has 0 aromatic carbocycles. The van der Waals surface area contributed by atoms with E-state index in [0.717, 1.165) is 173 Å². The Kier molecular flexibility index (Phi) is 71.8. The second-order valence-electron chi connectivity index (χ2n) is 26.6. The van der Waals surface area contributed by atoms with Crippen molar-refractivity contribution in [1.29, 1.82) is 0 Å². The minimum absolute atomic E-state index is 0.0715.